The predicted octanol–water partition coefficient (Wildman–Crippen LogP) is 8.01. The van der Waals surface area contributed by atoms with Crippen molar-refractivity contribution in [3.05, 3.63) is 121 Å². The van der Waals surface area contributed by atoms with Crippen LogP contribution in [0.1, 0.15) is 44.9 Å². The molecular weight excluding hydrogens is 733 g/mol. The average Bonchev–Trinajstić information content (AvgIpc) is 3.65. The molecule has 1 spiro atoms. The van der Waals surface area contributed by atoms with Crippen LogP contribution in [0.5, 0.6) is 0 Å². The molecule has 4 aromatic rings. The smallest absolute Gasteiger partial charge is 0.248 e. The monoisotopic (exact) mass is 774 g/mol. The van der Waals surface area contributed by atoms with E-state index in [-0.39, 0.29) is 11.8 Å². The second-order valence-corrected chi connectivity index (χ2v) is 16.5. The molecule has 2 unspecified atom stereocenters. The second-order valence-electron chi connectivity index (χ2n) is 13.7. The van der Waals surface area contributed by atoms with Gasteiger partial charge in [0.1, 0.15) is 16.2 Å². The summed E-state index contributed by atoms with van der Waals surface area (Å²) in [4.78, 5) is 42.3. The number of amidine groups is 2. The first-order valence-corrected chi connectivity index (χ1v) is 20.7. The van der Waals surface area contributed by atoms with Gasteiger partial charge in [-0.1, -0.05) is 128 Å². The number of hydrogen-bond acceptors (Lipinski definition) is 9. The summed E-state index contributed by atoms with van der Waals surface area (Å²) in [6.07, 6.45) is 7.13. The molecule has 13 heteroatoms. The van der Waals surface area contributed by atoms with Crippen LogP contribution in [-0.4, -0.2) is 66.5 Å². The van der Waals surface area contributed by atoms with Crippen molar-refractivity contribution >= 4 is 85.8 Å². The van der Waals surface area contributed by atoms with Crippen molar-refractivity contribution < 1.29 is 9.59 Å². The minimum absolute atomic E-state index is 0.0264. The van der Waals surface area contributed by atoms with E-state index in [4.69, 9.17) is 22.2 Å². The van der Waals surface area contributed by atoms with Gasteiger partial charge in [-0.25, -0.2) is 9.98 Å². The lowest BCUT2D eigenvalue weighted by Crippen LogP contribution is -2.77. The highest BCUT2D eigenvalue weighted by atomic mass is 32.2. The zero-order valence-electron chi connectivity index (χ0n) is 29.8. The Bertz CT molecular complexity index is 1880. The molecule has 2 amide bonds. The van der Waals surface area contributed by atoms with Gasteiger partial charge in [0, 0.05) is 13.1 Å². The number of carbonyl (C=O) groups is 2. The Morgan fingerprint density at radius 3 is 1.35 bits per heavy atom. The van der Waals surface area contributed by atoms with Crippen LogP contribution in [0.2, 0.25) is 0 Å². The molecule has 0 aromatic heterocycles. The maximum atomic E-state index is 14.5. The number of benzene rings is 4. The lowest BCUT2D eigenvalue weighted by Gasteiger charge is -2.56. The number of hydrazine groups is 2. The van der Waals surface area contributed by atoms with Crippen molar-refractivity contribution in [2.24, 2.45) is 9.98 Å². The number of anilines is 2. The molecule has 0 bridgehead atoms. The van der Waals surface area contributed by atoms with Crippen LogP contribution in [0, 0.1) is 0 Å². The first-order chi connectivity index (χ1) is 26.5. The summed E-state index contributed by atoms with van der Waals surface area (Å²) in [6.45, 7) is 0.781. The van der Waals surface area contributed by atoms with Crippen LogP contribution in [0.3, 0.4) is 0 Å². The van der Waals surface area contributed by atoms with E-state index in [0.29, 0.717) is 28.5 Å². The van der Waals surface area contributed by atoms with Gasteiger partial charge >= 0.3 is 0 Å². The summed E-state index contributed by atoms with van der Waals surface area (Å²) in [5.74, 6) is -0.0528. The summed E-state index contributed by atoms with van der Waals surface area (Å²) in [5.41, 5.74) is 9.58. The van der Waals surface area contributed by atoms with Crippen molar-refractivity contribution in [2.75, 3.05) is 22.9 Å². The molecule has 276 valence electrons. The fourth-order valence-electron chi connectivity index (χ4n) is 7.57. The number of aliphatic imine (C=N–C) groups is 2. The van der Waals surface area contributed by atoms with Gasteiger partial charge in [-0.15, -0.1) is 0 Å². The fourth-order valence-corrected chi connectivity index (χ4v) is 10.1. The zero-order chi connectivity index (χ0) is 36.9. The molecule has 3 saturated heterocycles. The van der Waals surface area contributed by atoms with Gasteiger partial charge in [0.05, 0.1) is 22.7 Å². The molecule has 1 saturated carbocycles. The van der Waals surface area contributed by atoms with Crippen LogP contribution < -0.4 is 20.7 Å². The van der Waals surface area contributed by atoms with Gasteiger partial charge in [0.15, 0.2) is 15.4 Å². The number of hydrogen-bond donors (Lipinski definition) is 2. The summed E-state index contributed by atoms with van der Waals surface area (Å²) in [5, 5.41) is 5.20. The molecule has 0 radical (unpaired) electrons. The third-order valence-corrected chi connectivity index (χ3v) is 12.6. The van der Waals surface area contributed by atoms with E-state index in [1.54, 1.807) is 9.80 Å². The van der Waals surface area contributed by atoms with Gasteiger partial charge < -0.3 is 0 Å². The van der Waals surface area contributed by atoms with Crippen LogP contribution in [0.4, 0.5) is 22.7 Å². The van der Waals surface area contributed by atoms with Gasteiger partial charge in [0.2, 0.25) is 11.8 Å². The molecule has 2 N–H and O–H groups in total. The predicted molar refractivity (Wildman–Crippen MR) is 225 cm³/mol. The molecule has 2 atom stereocenters. The molecule has 8 rings (SSSR count). The minimum Gasteiger partial charge on any atom is -0.293 e. The SMILES string of the molecule is O=C1C(CN2NC(=S)NN(CC3SC(=Nc4ccccc4)N(c4ccccc4)C3=O)C23CCCCCCC3)SC(=Nc2ccccc2)N1c1ccccc1. The van der Waals surface area contributed by atoms with Crippen LogP contribution in [0.15, 0.2) is 131 Å². The number of nitrogens with zero attached hydrogens (tertiary/aromatic N) is 6. The summed E-state index contributed by atoms with van der Waals surface area (Å²) < 4.78 is 0. The van der Waals surface area contributed by atoms with E-state index in [0.717, 1.165) is 61.3 Å². The Balaban J connectivity index is 1.11. The average molecular weight is 775 g/mol. The summed E-state index contributed by atoms with van der Waals surface area (Å²) >= 11 is 8.84. The van der Waals surface area contributed by atoms with Crippen molar-refractivity contribution in [1.29, 1.82) is 0 Å². The van der Waals surface area contributed by atoms with Gasteiger partial charge in [-0.05, 0) is 73.6 Å². The third kappa shape index (κ3) is 7.69. The number of nitrogens with one attached hydrogen (secondary N) is 2. The molecule has 4 aliphatic rings. The minimum atomic E-state index is -0.557. The molecule has 4 aromatic carbocycles. The van der Waals surface area contributed by atoms with Crippen molar-refractivity contribution in [3.8, 4) is 0 Å². The molecule has 3 aliphatic heterocycles. The number of para-hydroxylation sites is 4. The summed E-state index contributed by atoms with van der Waals surface area (Å²) in [7, 11) is 0. The quantitative estimate of drug-likeness (QED) is 0.173. The van der Waals surface area contributed by atoms with Crippen molar-refractivity contribution in [1.82, 2.24) is 20.9 Å². The molecule has 4 fully saturated rings. The number of thiocarbonyl (C=S) groups is 1. The molecule has 3 heterocycles. The number of amides is 2. The van der Waals surface area contributed by atoms with E-state index in [1.807, 2.05) is 121 Å². The topological polar surface area (TPSA) is 95.9 Å². The maximum absolute atomic E-state index is 14.5. The van der Waals surface area contributed by atoms with E-state index in [1.165, 1.54) is 29.9 Å². The second kappa shape index (κ2) is 16.5. The maximum Gasteiger partial charge on any atom is 0.248 e. The summed E-state index contributed by atoms with van der Waals surface area (Å²) in [6, 6.07) is 39.0. The lowest BCUT2D eigenvalue weighted by atomic mass is 9.89. The van der Waals surface area contributed by atoms with Crippen LogP contribution in [-0.2, 0) is 9.59 Å². The van der Waals surface area contributed by atoms with E-state index >= 15 is 0 Å². The van der Waals surface area contributed by atoms with Crippen LogP contribution in [0.25, 0.3) is 0 Å². The fraction of sp³-hybridized carbons (Fsp3) is 0.293. The first-order valence-electron chi connectivity index (χ1n) is 18.5. The Labute approximate surface area is 330 Å². The van der Waals surface area contributed by atoms with E-state index < -0.39 is 16.2 Å². The van der Waals surface area contributed by atoms with E-state index in [9.17, 15) is 9.59 Å². The molecule has 54 heavy (non-hydrogen) atoms. The Kier molecular flexibility index (Phi) is 11.1. The first kappa shape index (κ1) is 36.4. The van der Waals surface area contributed by atoms with E-state index in [2.05, 4.69) is 20.9 Å². The standard InChI is InChI=1S/C41H42N8O2S3/c50-36-34(53-39(42-30-18-8-4-9-19-30)48(36)32-22-12-6-13-23-32)28-46-41(26-16-2-1-3-17-27-41)47(45-38(52)44-46)29-35-37(51)49(33-24-14-7-15-25-33)40(54-35)43-31-20-10-5-11-21-31/h4-15,18-25,34-35H,1-3,16-17,26-29H2,(H2,44,45,52). The molecule has 10 nitrogen and oxygen atoms in total. The molecule has 1 aliphatic carbocycles. The number of rotatable bonds is 8. The number of thioether (sulfide) groups is 2. The Morgan fingerprint density at radius 2 is 0.944 bits per heavy atom. The highest BCUT2D eigenvalue weighted by molar-refractivity contribution is 8.16. The van der Waals surface area contributed by atoms with Gasteiger partial charge in [0.25, 0.3) is 0 Å². The largest absolute Gasteiger partial charge is 0.293 e. The van der Waals surface area contributed by atoms with Gasteiger partial charge in [-0.2, -0.15) is 10.0 Å². The third-order valence-electron chi connectivity index (χ3n) is 10.2. The highest BCUT2D eigenvalue weighted by Crippen LogP contribution is 2.41. The highest BCUT2D eigenvalue weighted by Gasteiger charge is 2.52. The Hall–Kier alpha value is -4.53. The van der Waals surface area contributed by atoms with Crippen LogP contribution >= 0.6 is 35.7 Å². The van der Waals surface area contributed by atoms with Gasteiger partial charge in [-0.3, -0.25) is 30.2 Å². The molecular formula is C41H42N8O2S3. The Morgan fingerprint density at radius 1 is 0.574 bits per heavy atom. The lowest BCUT2D eigenvalue weighted by molar-refractivity contribution is -0.136. The number of carbonyl (C=O) groups excluding carboxylic acids is 2. The van der Waals surface area contributed by atoms with Crippen molar-refractivity contribution in [2.45, 2.75) is 61.1 Å². The van der Waals surface area contributed by atoms with Crippen molar-refractivity contribution in [3.63, 3.8) is 0 Å². The zero-order valence-corrected chi connectivity index (χ0v) is 32.2. The normalized spacial score (nSPS) is 23.8.